The highest BCUT2D eigenvalue weighted by Crippen LogP contribution is 2.44. The first kappa shape index (κ1) is 19.6. The van der Waals surface area contributed by atoms with Gasteiger partial charge in [0.15, 0.2) is 0 Å². The van der Waals surface area contributed by atoms with Crippen LogP contribution < -0.4 is 0 Å². The van der Waals surface area contributed by atoms with E-state index in [1.54, 1.807) is 14.2 Å². The van der Waals surface area contributed by atoms with Crippen molar-refractivity contribution in [3.05, 3.63) is 82.3 Å². The van der Waals surface area contributed by atoms with Crippen molar-refractivity contribution in [1.29, 1.82) is 0 Å². The van der Waals surface area contributed by atoms with E-state index in [1.807, 2.05) is 0 Å². The zero-order chi connectivity index (χ0) is 19.5. The highest BCUT2D eigenvalue weighted by Gasteiger charge is 2.39. The number of nitrogens with zero attached hydrogens (tertiary/aromatic N) is 1. The third-order valence-corrected chi connectivity index (χ3v) is 6.40. The SMILES string of the molecule is COCC1CN(OC)CC(c2ccc3ccccc3c2)C1c1ccc(Br)cc1. The van der Waals surface area contributed by atoms with Crippen LogP contribution in [0.3, 0.4) is 0 Å². The molecule has 0 radical (unpaired) electrons. The van der Waals surface area contributed by atoms with Gasteiger partial charge in [0, 0.05) is 36.5 Å². The van der Waals surface area contributed by atoms with Crippen molar-refractivity contribution in [1.82, 2.24) is 5.06 Å². The molecular formula is C24H26BrNO2. The minimum atomic E-state index is 0.333. The van der Waals surface area contributed by atoms with Gasteiger partial charge in [0.2, 0.25) is 0 Å². The Morgan fingerprint density at radius 2 is 1.61 bits per heavy atom. The second-order valence-electron chi connectivity index (χ2n) is 7.54. The topological polar surface area (TPSA) is 21.7 Å². The van der Waals surface area contributed by atoms with Crippen LogP contribution in [0.4, 0.5) is 0 Å². The number of rotatable bonds is 5. The van der Waals surface area contributed by atoms with Crippen molar-refractivity contribution < 1.29 is 9.57 Å². The van der Waals surface area contributed by atoms with Crippen molar-refractivity contribution in [3.63, 3.8) is 0 Å². The van der Waals surface area contributed by atoms with Gasteiger partial charge in [-0.25, -0.2) is 0 Å². The van der Waals surface area contributed by atoms with Crippen LogP contribution in [-0.4, -0.2) is 39.0 Å². The van der Waals surface area contributed by atoms with Crippen molar-refractivity contribution >= 4 is 26.7 Å². The normalized spacial score (nSPS) is 23.2. The minimum Gasteiger partial charge on any atom is -0.384 e. The molecule has 0 spiro atoms. The number of ether oxygens (including phenoxy) is 1. The van der Waals surface area contributed by atoms with Crippen LogP contribution in [0.2, 0.25) is 0 Å². The first-order chi connectivity index (χ1) is 13.7. The molecule has 0 bridgehead atoms. The maximum atomic E-state index is 5.68. The molecule has 0 aliphatic carbocycles. The van der Waals surface area contributed by atoms with Gasteiger partial charge in [-0.15, -0.1) is 0 Å². The summed E-state index contributed by atoms with van der Waals surface area (Å²) in [5.41, 5.74) is 2.72. The summed E-state index contributed by atoms with van der Waals surface area (Å²) >= 11 is 3.57. The van der Waals surface area contributed by atoms with Gasteiger partial charge in [0.1, 0.15) is 0 Å². The van der Waals surface area contributed by atoms with Crippen molar-refractivity contribution in [2.75, 3.05) is 33.9 Å². The number of benzene rings is 3. The van der Waals surface area contributed by atoms with Crippen LogP contribution in [-0.2, 0) is 9.57 Å². The third kappa shape index (κ3) is 4.01. The Hall–Kier alpha value is -1.72. The van der Waals surface area contributed by atoms with Gasteiger partial charge in [0.25, 0.3) is 0 Å². The smallest absolute Gasteiger partial charge is 0.0575 e. The molecular weight excluding hydrogens is 414 g/mol. The summed E-state index contributed by atoms with van der Waals surface area (Å²) in [6, 6.07) is 24.2. The molecule has 28 heavy (non-hydrogen) atoms. The molecule has 0 saturated carbocycles. The van der Waals surface area contributed by atoms with E-state index in [0.717, 1.165) is 17.6 Å². The maximum absolute atomic E-state index is 5.68. The molecule has 1 fully saturated rings. The van der Waals surface area contributed by atoms with E-state index in [-0.39, 0.29) is 0 Å². The fourth-order valence-corrected chi connectivity index (χ4v) is 4.84. The van der Waals surface area contributed by atoms with E-state index < -0.39 is 0 Å². The Morgan fingerprint density at radius 3 is 2.32 bits per heavy atom. The Labute approximate surface area is 175 Å². The molecule has 1 heterocycles. The van der Waals surface area contributed by atoms with Crippen LogP contribution in [0.5, 0.6) is 0 Å². The van der Waals surface area contributed by atoms with Crippen molar-refractivity contribution in [2.45, 2.75) is 11.8 Å². The minimum absolute atomic E-state index is 0.333. The predicted molar refractivity (Wildman–Crippen MR) is 118 cm³/mol. The van der Waals surface area contributed by atoms with Crippen LogP contribution in [0.25, 0.3) is 10.8 Å². The van der Waals surface area contributed by atoms with E-state index in [4.69, 9.17) is 9.57 Å². The summed E-state index contributed by atoms with van der Waals surface area (Å²) in [7, 11) is 3.55. The zero-order valence-electron chi connectivity index (χ0n) is 16.3. The van der Waals surface area contributed by atoms with Gasteiger partial charge in [-0.1, -0.05) is 70.5 Å². The number of methoxy groups -OCH3 is 1. The summed E-state index contributed by atoms with van der Waals surface area (Å²) in [4.78, 5) is 5.68. The van der Waals surface area contributed by atoms with Gasteiger partial charge < -0.3 is 9.57 Å². The van der Waals surface area contributed by atoms with E-state index in [1.165, 1.54) is 21.9 Å². The molecule has 0 aromatic heterocycles. The maximum Gasteiger partial charge on any atom is 0.0575 e. The van der Waals surface area contributed by atoms with E-state index in [0.29, 0.717) is 24.4 Å². The molecule has 3 nitrogen and oxygen atoms in total. The summed E-state index contributed by atoms with van der Waals surface area (Å²) in [6.07, 6.45) is 0. The van der Waals surface area contributed by atoms with Crippen molar-refractivity contribution in [2.24, 2.45) is 5.92 Å². The lowest BCUT2D eigenvalue weighted by Gasteiger charge is -2.43. The largest absolute Gasteiger partial charge is 0.384 e. The Bertz CT molecular complexity index is 927. The Balaban J connectivity index is 1.79. The Morgan fingerprint density at radius 1 is 0.893 bits per heavy atom. The predicted octanol–water partition coefficient (Wildman–Crippen LogP) is 5.61. The molecule has 1 aliphatic rings. The Kier molecular flexibility index (Phi) is 6.12. The fourth-order valence-electron chi connectivity index (χ4n) is 4.57. The molecule has 3 aromatic carbocycles. The fraction of sp³-hybridized carbons (Fsp3) is 0.333. The van der Waals surface area contributed by atoms with Gasteiger partial charge in [-0.2, -0.15) is 5.06 Å². The standard InChI is InChI=1S/C24H26BrNO2/c1-27-16-21-14-26(28-2)15-23(24(21)18-9-11-22(25)12-10-18)20-8-7-17-5-3-4-6-19(17)13-20/h3-13,21,23-24H,14-16H2,1-2H3. The summed E-state index contributed by atoms with van der Waals surface area (Å²) < 4.78 is 6.72. The molecule has 3 atom stereocenters. The first-order valence-corrected chi connectivity index (χ1v) is 10.5. The van der Waals surface area contributed by atoms with E-state index in [2.05, 4.69) is 87.7 Å². The molecule has 4 heteroatoms. The highest BCUT2D eigenvalue weighted by molar-refractivity contribution is 9.10. The summed E-state index contributed by atoms with van der Waals surface area (Å²) in [5, 5.41) is 4.64. The van der Waals surface area contributed by atoms with Crippen LogP contribution in [0.1, 0.15) is 23.0 Å². The number of piperidine rings is 1. The lowest BCUT2D eigenvalue weighted by atomic mass is 9.71. The number of halogens is 1. The lowest BCUT2D eigenvalue weighted by molar-refractivity contribution is -0.166. The highest BCUT2D eigenvalue weighted by atomic mass is 79.9. The molecule has 3 unspecified atom stereocenters. The molecule has 3 aromatic rings. The first-order valence-electron chi connectivity index (χ1n) is 9.71. The number of hydrogen-bond acceptors (Lipinski definition) is 3. The van der Waals surface area contributed by atoms with Gasteiger partial charge in [-0.05, 0) is 39.9 Å². The van der Waals surface area contributed by atoms with Crippen LogP contribution >= 0.6 is 15.9 Å². The monoisotopic (exact) mass is 439 g/mol. The van der Waals surface area contributed by atoms with Crippen LogP contribution in [0.15, 0.2) is 71.2 Å². The molecule has 1 saturated heterocycles. The lowest BCUT2D eigenvalue weighted by Crippen LogP contribution is -2.45. The van der Waals surface area contributed by atoms with E-state index in [9.17, 15) is 0 Å². The summed E-state index contributed by atoms with van der Waals surface area (Å²) in [5.74, 6) is 1.07. The van der Waals surface area contributed by atoms with Gasteiger partial charge in [-0.3, -0.25) is 0 Å². The number of hydrogen-bond donors (Lipinski definition) is 0. The average Bonchev–Trinajstić information content (AvgIpc) is 2.74. The number of fused-ring (bicyclic) bond motifs is 1. The second kappa shape index (κ2) is 8.75. The number of hydroxylamine groups is 2. The summed E-state index contributed by atoms with van der Waals surface area (Å²) in [6.45, 7) is 2.45. The molecule has 1 aliphatic heterocycles. The molecule has 4 rings (SSSR count). The van der Waals surface area contributed by atoms with Gasteiger partial charge in [0.05, 0.1) is 13.7 Å². The second-order valence-corrected chi connectivity index (χ2v) is 8.45. The molecule has 0 N–H and O–H groups in total. The molecule has 0 amide bonds. The average molecular weight is 440 g/mol. The van der Waals surface area contributed by atoms with E-state index >= 15 is 0 Å². The quantitative estimate of drug-likeness (QED) is 0.515. The van der Waals surface area contributed by atoms with Crippen LogP contribution in [0, 0.1) is 5.92 Å². The van der Waals surface area contributed by atoms with Gasteiger partial charge >= 0.3 is 0 Å². The zero-order valence-corrected chi connectivity index (χ0v) is 17.9. The van der Waals surface area contributed by atoms with Crippen molar-refractivity contribution in [3.8, 4) is 0 Å². The molecule has 146 valence electrons. The third-order valence-electron chi connectivity index (χ3n) is 5.88.